The van der Waals surface area contributed by atoms with Crippen molar-refractivity contribution in [3.63, 3.8) is 0 Å². The minimum absolute atomic E-state index is 0.0209. The minimum Gasteiger partial charge on any atom is -0.338 e. The van der Waals surface area contributed by atoms with E-state index in [1.807, 2.05) is 12.1 Å². The molecule has 1 N–H and O–H groups in total. The number of Topliss-reactive ketones (excluding diaryl/α,β-unsaturated/α-hetero) is 1. The van der Waals surface area contributed by atoms with Crippen LogP contribution in [0.25, 0.3) is 10.9 Å². The van der Waals surface area contributed by atoms with Gasteiger partial charge in [-0.05, 0) is 47.6 Å². The maximum Gasteiger partial charge on any atom is 0.245 e. The summed E-state index contributed by atoms with van der Waals surface area (Å²) in [6, 6.07) is 14.6. The number of carbonyl (C=O) groups is 2. The number of halogens is 2. The molecule has 4 heterocycles. The number of fused-ring (bicyclic) bond motifs is 1. The molecule has 2 aliphatic heterocycles. The Morgan fingerprint density at radius 1 is 1.09 bits per heavy atom. The highest BCUT2D eigenvalue weighted by atomic mass is 35.5. The number of H-pyrrole nitrogens is 1. The standard InChI is InChI=1S/C35H40Cl2N6O2/c1-5-32(45)42-19-23(20-42)15-30(44)33-34(37)38-31(43(33)24-13-14-41(21-24)18-22-9-7-6-8-10-22)12-11-28-25-16-26(35(2,3)4)27(36)17-29(25)40-39-28/h5-10,16-17,23-24H,1,11-15,18-21H2,2-4H3,(H,39,40)/t24-/m1/s1. The molecular formula is C35H40Cl2N6O2. The van der Waals surface area contributed by atoms with Crippen molar-refractivity contribution < 1.29 is 9.59 Å². The number of aromatic amines is 1. The Morgan fingerprint density at radius 2 is 1.84 bits per heavy atom. The van der Waals surface area contributed by atoms with Crippen LogP contribution in [-0.2, 0) is 29.6 Å². The van der Waals surface area contributed by atoms with Gasteiger partial charge in [-0.15, -0.1) is 0 Å². The maximum atomic E-state index is 13.8. The summed E-state index contributed by atoms with van der Waals surface area (Å²) < 4.78 is 2.12. The van der Waals surface area contributed by atoms with Crippen LogP contribution in [0.1, 0.15) is 72.8 Å². The second kappa shape index (κ2) is 12.7. The highest BCUT2D eigenvalue weighted by Crippen LogP contribution is 2.35. The first-order valence-electron chi connectivity index (χ1n) is 15.7. The first kappa shape index (κ1) is 31.5. The van der Waals surface area contributed by atoms with Crippen LogP contribution in [-0.4, -0.2) is 67.4 Å². The van der Waals surface area contributed by atoms with Crippen LogP contribution < -0.4 is 0 Å². The SMILES string of the molecule is C=CC(=O)N1CC(CC(=O)c2c(Cl)nc(CCc3[nH]nc4cc(Cl)c(C(C)(C)C)cc34)n2[C@@H]2CCN(Cc3ccccc3)C2)C1. The van der Waals surface area contributed by atoms with Crippen LogP contribution >= 0.6 is 23.2 Å². The van der Waals surface area contributed by atoms with Crippen LogP contribution in [0.2, 0.25) is 10.2 Å². The van der Waals surface area contributed by atoms with Gasteiger partial charge in [-0.2, -0.15) is 5.10 Å². The Labute approximate surface area is 274 Å². The van der Waals surface area contributed by atoms with E-state index in [1.165, 1.54) is 11.6 Å². The van der Waals surface area contributed by atoms with Crippen molar-refractivity contribution in [2.75, 3.05) is 26.2 Å². The third-order valence-electron chi connectivity index (χ3n) is 9.11. The molecule has 2 aromatic heterocycles. The lowest BCUT2D eigenvalue weighted by atomic mass is 9.86. The van der Waals surface area contributed by atoms with Gasteiger partial charge >= 0.3 is 0 Å². The first-order chi connectivity index (χ1) is 21.5. The summed E-state index contributed by atoms with van der Waals surface area (Å²) in [7, 11) is 0. The second-order valence-corrected chi connectivity index (χ2v) is 14.2. The lowest BCUT2D eigenvalue weighted by molar-refractivity contribution is -0.132. The van der Waals surface area contributed by atoms with Gasteiger partial charge in [-0.25, -0.2) is 4.98 Å². The monoisotopic (exact) mass is 646 g/mol. The Morgan fingerprint density at radius 3 is 2.56 bits per heavy atom. The number of aromatic nitrogens is 4. The lowest BCUT2D eigenvalue weighted by Crippen LogP contribution is -2.50. The number of benzene rings is 2. The van der Waals surface area contributed by atoms with E-state index in [0.717, 1.165) is 54.0 Å². The van der Waals surface area contributed by atoms with Crippen LogP contribution in [0.4, 0.5) is 0 Å². The fraction of sp³-hybridized carbons (Fsp3) is 0.429. The van der Waals surface area contributed by atoms with Crippen molar-refractivity contribution in [1.82, 2.24) is 29.5 Å². The third-order valence-corrected chi connectivity index (χ3v) is 9.69. The predicted molar refractivity (Wildman–Crippen MR) is 179 cm³/mol. The predicted octanol–water partition coefficient (Wildman–Crippen LogP) is 6.81. The van der Waals surface area contributed by atoms with E-state index in [-0.39, 0.29) is 34.2 Å². The van der Waals surface area contributed by atoms with Gasteiger partial charge in [0.15, 0.2) is 10.9 Å². The fourth-order valence-corrected chi connectivity index (χ4v) is 7.47. The molecule has 0 saturated carbocycles. The van der Waals surface area contributed by atoms with Gasteiger partial charge in [0, 0.05) is 73.6 Å². The summed E-state index contributed by atoms with van der Waals surface area (Å²) in [5.41, 5.74) is 4.56. The Hall–Kier alpha value is -3.46. The van der Waals surface area contributed by atoms with E-state index >= 15 is 0 Å². The Kier molecular flexibility index (Phi) is 8.92. The van der Waals surface area contributed by atoms with E-state index in [1.54, 1.807) is 4.90 Å². The van der Waals surface area contributed by atoms with Crippen LogP contribution in [0, 0.1) is 5.92 Å². The van der Waals surface area contributed by atoms with Gasteiger partial charge in [0.05, 0.1) is 5.52 Å². The smallest absolute Gasteiger partial charge is 0.245 e. The number of imidazole rings is 1. The molecule has 0 radical (unpaired) electrons. The quantitative estimate of drug-likeness (QED) is 0.151. The minimum atomic E-state index is -0.108. The molecule has 0 unspecified atom stereocenters. The zero-order valence-electron chi connectivity index (χ0n) is 26.2. The molecule has 236 valence electrons. The molecule has 0 bridgehead atoms. The van der Waals surface area contributed by atoms with E-state index in [9.17, 15) is 9.59 Å². The van der Waals surface area contributed by atoms with Gasteiger partial charge in [-0.1, -0.05) is 80.9 Å². The Bertz CT molecular complexity index is 1730. The number of nitrogens with one attached hydrogen (secondary N) is 1. The summed E-state index contributed by atoms with van der Waals surface area (Å²) in [6.45, 7) is 13.7. The number of nitrogens with zero attached hydrogens (tertiary/aromatic N) is 5. The zero-order chi connectivity index (χ0) is 31.9. The molecule has 2 fully saturated rings. The third kappa shape index (κ3) is 6.60. The van der Waals surface area contributed by atoms with Crippen LogP contribution in [0.15, 0.2) is 55.1 Å². The summed E-state index contributed by atoms with van der Waals surface area (Å²) in [5, 5.41) is 9.77. The van der Waals surface area contributed by atoms with Gasteiger partial charge < -0.3 is 9.47 Å². The van der Waals surface area contributed by atoms with Crippen molar-refractivity contribution in [3.8, 4) is 0 Å². The molecule has 2 saturated heterocycles. The fourth-order valence-electron chi connectivity index (χ4n) is 6.73. The number of likely N-dealkylation sites (tertiary alicyclic amines) is 2. The number of carbonyl (C=O) groups excluding carboxylic acids is 2. The molecule has 0 spiro atoms. The normalized spacial score (nSPS) is 17.6. The summed E-state index contributed by atoms with van der Waals surface area (Å²) in [4.78, 5) is 34.7. The largest absolute Gasteiger partial charge is 0.338 e. The molecule has 10 heteroatoms. The number of amides is 1. The van der Waals surface area contributed by atoms with Gasteiger partial charge in [0.2, 0.25) is 5.91 Å². The molecule has 2 aliphatic rings. The molecule has 0 aliphatic carbocycles. The lowest BCUT2D eigenvalue weighted by Gasteiger charge is -2.38. The van der Waals surface area contributed by atoms with E-state index < -0.39 is 0 Å². The average molecular weight is 648 g/mol. The molecule has 4 aromatic rings. The first-order valence-corrected chi connectivity index (χ1v) is 16.4. The Balaban J connectivity index is 1.26. The number of rotatable bonds is 10. The molecule has 2 aromatic carbocycles. The maximum absolute atomic E-state index is 13.8. The zero-order valence-corrected chi connectivity index (χ0v) is 27.7. The highest BCUT2D eigenvalue weighted by molar-refractivity contribution is 6.33. The molecule has 1 atom stereocenters. The van der Waals surface area contributed by atoms with Crippen molar-refractivity contribution in [2.24, 2.45) is 5.92 Å². The van der Waals surface area contributed by atoms with Crippen molar-refractivity contribution >= 4 is 45.8 Å². The molecule has 1 amide bonds. The summed E-state index contributed by atoms with van der Waals surface area (Å²) >= 11 is 13.4. The van der Waals surface area contributed by atoms with Gasteiger partial charge in [0.25, 0.3) is 0 Å². The number of hydrogen-bond donors (Lipinski definition) is 1. The van der Waals surface area contributed by atoms with Crippen LogP contribution in [0.5, 0.6) is 0 Å². The summed E-state index contributed by atoms with van der Waals surface area (Å²) in [6.07, 6.45) is 3.80. The average Bonchev–Trinajstić information content (AvgIpc) is 3.69. The molecular weight excluding hydrogens is 607 g/mol. The van der Waals surface area contributed by atoms with Crippen molar-refractivity contribution in [3.05, 3.63) is 93.6 Å². The van der Waals surface area contributed by atoms with Crippen LogP contribution in [0.3, 0.4) is 0 Å². The highest BCUT2D eigenvalue weighted by Gasteiger charge is 2.35. The van der Waals surface area contributed by atoms with E-state index in [0.29, 0.717) is 43.1 Å². The van der Waals surface area contributed by atoms with Gasteiger partial charge in [0.1, 0.15) is 11.5 Å². The van der Waals surface area contributed by atoms with Crippen molar-refractivity contribution in [1.29, 1.82) is 0 Å². The van der Waals surface area contributed by atoms with E-state index in [2.05, 4.69) is 77.3 Å². The van der Waals surface area contributed by atoms with E-state index in [4.69, 9.17) is 28.2 Å². The topological polar surface area (TPSA) is 87.1 Å². The number of hydrogen-bond acceptors (Lipinski definition) is 5. The molecule has 8 nitrogen and oxygen atoms in total. The molecule has 45 heavy (non-hydrogen) atoms. The van der Waals surface area contributed by atoms with Gasteiger partial charge in [-0.3, -0.25) is 19.6 Å². The van der Waals surface area contributed by atoms with Crippen molar-refractivity contribution in [2.45, 2.75) is 64.5 Å². The molecule has 6 rings (SSSR count). The second-order valence-electron chi connectivity index (χ2n) is 13.4. The summed E-state index contributed by atoms with van der Waals surface area (Å²) in [5.74, 6) is 0.784. The number of ketones is 1. The number of aryl methyl sites for hydroxylation is 2.